The lowest BCUT2D eigenvalue weighted by atomic mass is 9.75. The van der Waals surface area contributed by atoms with Gasteiger partial charge in [0, 0.05) is 23.4 Å². The van der Waals surface area contributed by atoms with E-state index in [1.54, 1.807) is 36.4 Å². The number of carbonyl (C=O) groups is 3. The minimum Gasteiger partial charge on any atom is -0.318 e. The molecule has 4 aliphatic heterocycles. The van der Waals surface area contributed by atoms with Gasteiger partial charge in [-0.25, -0.2) is 4.90 Å². The summed E-state index contributed by atoms with van der Waals surface area (Å²) in [6.07, 6.45) is 1.73. The average molecular weight is 443 g/mol. The Morgan fingerprint density at radius 3 is 2.57 bits per heavy atom. The fourth-order valence-corrected chi connectivity index (χ4v) is 6.64. The Morgan fingerprint density at radius 1 is 1.03 bits per heavy atom. The fraction of sp³-hybridized carbons (Fsp3) is 0.318. The van der Waals surface area contributed by atoms with Crippen molar-refractivity contribution in [1.29, 1.82) is 0 Å². The van der Waals surface area contributed by atoms with Crippen LogP contribution in [0.2, 0.25) is 10.0 Å². The predicted molar refractivity (Wildman–Crippen MR) is 112 cm³/mol. The summed E-state index contributed by atoms with van der Waals surface area (Å²) in [4.78, 5) is 43.1. The number of rotatable bonds is 1. The van der Waals surface area contributed by atoms with Gasteiger partial charge in [0.25, 0.3) is 5.91 Å². The number of nitrogens with one attached hydrogen (secondary N) is 2. The zero-order chi connectivity index (χ0) is 20.8. The maximum Gasteiger partial charge on any atom is 0.291 e. The highest BCUT2D eigenvalue weighted by Crippen LogP contribution is 2.53. The van der Waals surface area contributed by atoms with Gasteiger partial charge in [0.05, 0.1) is 22.9 Å². The van der Waals surface area contributed by atoms with Gasteiger partial charge in [0.1, 0.15) is 17.9 Å². The van der Waals surface area contributed by atoms with E-state index in [0.29, 0.717) is 21.4 Å². The van der Waals surface area contributed by atoms with Crippen LogP contribution in [0, 0.1) is 11.8 Å². The molecule has 8 heteroatoms. The van der Waals surface area contributed by atoms with Crippen LogP contribution in [0.5, 0.6) is 0 Å². The molecule has 3 saturated heterocycles. The first-order chi connectivity index (χ1) is 14.5. The molecule has 6 rings (SSSR count). The van der Waals surface area contributed by atoms with Crippen molar-refractivity contribution in [3.05, 3.63) is 58.1 Å². The molecule has 4 aliphatic rings. The van der Waals surface area contributed by atoms with Crippen LogP contribution >= 0.6 is 23.2 Å². The Morgan fingerprint density at radius 2 is 1.80 bits per heavy atom. The smallest absolute Gasteiger partial charge is 0.291 e. The molecule has 2 aromatic carbocycles. The van der Waals surface area contributed by atoms with Crippen LogP contribution < -0.4 is 15.1 Å². The molecule has 3 fully saturated rings. The van der Waals surface area contributed by atoms with Crippen LogP contribution in [-0.4, -0.2) is 30.3 Å². The minimum absolute atomic E-state index is 0.0700. The third-order valence-corrected chi connectivity index (χ3v) is 7.85. The summed E-state index contributed by atoms with van der Waals surface area (Å²) in [6.45, 7) is 0.749. The highest BCUT2D eigenvalue weighted by molar-refractivity contribution is 6.35. The number of nitrogens with zero attached hydrogens (tertiary/aromatic N) is 1. The molecule has 1 unspecified atom stereocenters. The number of fused-ring (bicyclic) bond motifs is 7. The van der Waals surface area contributed by atoms with Crippen LogP contribution in [-0.2, 0) is 19.9 Å². The van der Waals surface area contributed by atoms with Crippen molar-refractivity contribution >= 4 is 52.3 Å². The topological polar surface area (TPSA) is 70.9 Å². The minimum atomic E-state index is -1.13. The lowest BCUT2D eigenvalue weighted by Gasteiger charge is -2.33. The molecule has 0 bridgehead atoms. The Balaban J connectivity index is 1.56. The number of halogens is 2. The summed E-state index contributed by atoms with van der Waals surface area (Å²) in [5, 5.41) is 3.90. The first-order valence-electron chi connectivity index (χ1n) is 10.1. The Kier molecular flexibility index (Phi) is 3.71. The van der Waals surface area contributed by atoms with Gasteiger partial charge in [0.2, 0.25) is 17.4 Å². The maximum atomic E-state index is 13.8. The molecule has 0 saturated carbocycles. The van der Waals surface area contributed by atoms with E-state index in [-0.39, 0.29) is 23.8 Å². The molecule has 1 spiro atoms. The summed E-state index contributed by atoms with van der Waals surface area (Å²) < 4.78 is 0. The molecule has 4 heterocycles. The van der Waals surface area contributed by atoms with E-state index in [2.05, 4.69) is 5.32 Å². The van der Waals surface area contributed by atoms with Crippen LogP contribution in [0.3, 0.4) is 0 Å². The quantitative estimate of drug-likeness (QED) is 0.663. The Hall–Kier alpha value is -2.41. The van der Waals surface area contributed by atoms with Gasteiger partial charge >= 0.3 is 0 Å². The van der Waals surface area contributed by atoms with E-state index in [0.717, 1.165) is 29.8 Å². The Bertz CT molecular complexity index is 1130. The van der Waals surface area contributed by atoms with Crippen molar-refractivity contribution in [1.82, 2.24) is 0 Å². The second-order valence-electron chi connectivity index (χ2n) is 8.44. The van der Waals surface area contributed by atoms with E-state index in [9.17, 15) is 14.4 Å². The number of hydrogen-bond donors (Lipinski definition) is 2. The van der Waals surface area contributed by atoms with E-state index < -0.39 is 17.4 Å². The SMILES string of the molecule is O=C1[C@H]2[C@@H](C(=O)N1c1ccc(Cl)cc1)[C@@]1(C(=O)Nc3c(Cl)cccc31)[NH+]1CCC[C@@H]21. The molecular formula is C22H18Cl2N3O3+. The summed E-state index contributed by atoms with van der Waals surface area (Å²) in [5.74, 6) is -2.06. The summed E-state index contributed by atoms with van der Waals surface area (Å²) in [5.41, 5.74) is 0.657. The molecule has 0 aromatic heterocycles. The number of carbonyl (C=O) groups excluding carboxylic acids is 3. The van der Waals surface area contributed by atoms with E-state index in [1.165, 1.54) is 4.90 Å². The molecule has 0 aliphatic carbocycles. The van der Waals surface area contributed by atoms with Crippen molar-refractivity contribution < 1.29 is 19.3 Å². The average Bonchev–Trinajstić information content (AvgIpc) is 3.42. The van der Waals surface area contributed by atoms with Crippen LogP contribution in [0.4, 0.5) is 11.4 Å². The lowest BCUT2D eigenvalue weighted by Crippen LogP contribution is -3.19. The van der Waals surface area contributed by atoms with Gasteiger partial charge in [0.15, 0.2) is 0 Å². The number of hydrogen-bond acceptors (Lipinski definition) is 3. The highest BCUT2D eigenvalue weighted by atomic mass is 35.5. The molecule has 2 N–H and O–H groups in total. The number of para-hydroxylation sites is 1. The fourth-order valence-electron chi connectivity index (χ4n) is 6.30. The molecular weight excluding hydrogens is 425 g/mol. The zero-order valence-electron chi connectivity index (χ0n) is 15.8. The first-order valence-corrected chi connectivity index (χ1v) is 10.8. The Labute approximate surface area is 182 Å². The third kappa shape index (κ3) is 2.02. The number of benzene rings is 2. The second-order valence-corrected chi connectivity index (χ2v) is 9.28. The van der Waals surface area contributed by atoms with Crippen LogP contribution in [0.25, 0.3) is 0 Å². The van der Waals surface area contributed by atoms with Gasteiger partial charge in [-0.15, -0.1) is 0 Å². The van der Waals surface area contributed by atoms with Gasteiger partial charge in [-0.1, -0.05) is 29.3 Å². The highest BCUT2D eigenvalue weighted by Gasteiger charge is 2.78. The number of imide groups is 1. The van der Waals surface area contributed by atoms with E-state index in [4.69, 9.17) is 23.2 Å². The zero-order valence-corrected chi connectivity index (χ0v) is 17.3. The lowest BCUT2D eigenvalue weighted by molar-refractivity contribution is -0.948. The molecule has 152 valence electrons. The molecule has 30 heavy (non-hydrogen) atoms. The standard InChI is InChI=1S/C22H17Cl2N3O3/c23-11-6-8-12(9-7-11)27-19(28)16-15-5-2-10-26(15)22(17(16)20(27)29)13-3-1-4-14(24)18(13)25-21(22)30/h1,3-4,6-9,15-17H,2,5,10H2,(H,25,30)/p+1/t15-,16+,17-,22-/m0/s1. The molecule has 5 atom stereocenters. The van der Waals surface area contributed by atoms with Crippen molar-refractivity contribution in [3.8, 4) is 0 Å². The van der Waals surface area contributed by atoms with Crippen molar-refractivity contribution in [2.45, 2.75) is 24.4 Å². The summed E-state index contributed by atoms with van der Waals surface area (Å²) >= 11 is 12.4. The van der Waals surface area contributed by atoms with Gasteiger partial charge in [-0.3, -0.25) is 14.4 Å². The van der Waals surface area contributed by atoms with E-state index >= 15 is 0 Å². The number of amides is 3. The predicted octanol–water partition coefficient (Wildman–Crippen LogP) is 2.01. The molecule has 0 radical (unpaired) electrons. The largest absolute Gasteiger partial charge is 0.318 e. The van der Waals surface area contributed by atoms with Gasteiger partial charge in [-0.2, -0.15) is 0 Å². The van der Waals surface area contributed by atoms with E-state index in [1.807, 2.05) is 6.07 Å². The normalized spacial score (nSPS) is 33.8. The number of quaternary nitrogens is 1. The van der Waals surface area contributed by atoms with Crippen molar-refractivity contribution in [2.24, 2.45) is 11.8 Å². The molecule has 2 aromatic rings. The van der Waals surface area contributed by atoms with Crippen LogP contribution in [0.1, 0.15) is 18.4 Å². The summed E-state index contributed by atoms with van der Waals surface area (Å²) in [7, 11) is 0. The second kappa shape index (κ2) is 6.06. The van der Waals surface area contributed by atoms with Gasteiger partial charge in [-0.05, 0) is 36.4 Å². The first kappa shape index (κ1) is 18.4. The van der Waals surface area contributed by atoms with Crippen molar-refractivity contribution in [3.63, 3.8) is 0 Å². The maximum absolute atomic E-state index is 13.8. The molecule has 6 nitrogen and oxygen atoms in total. The van der Waals surface area contributed by atoms with Gasteiger partial charge < -0.3 is 10.2 Å². The molecule has 3 amide bonds. The summed E-state index contributed by atoms with van der Waals surface area (Å²) in [6, 6.07) is 12.0. The third-order valence-electron chi connectivity index (χ3n) is 7.29. The monoisotopic (exact) mass is 442 g/mol. The van der Waals surface area contributed by atoms with Crippen LogP contribution in [0.15, 0.2) is 42.5 Å². The number of anilines is 2. The van der Waals surface area contributed by atoms with Crippen molar-refractivity contribution in [2.75, 3.05) is 16.8 Å².